The minimum atomic E-state index is -0.218. The van der Waals surface area contributed by atoms with E-state index in [2.05, 4.69) is 16.3 Å². The summed E-state index contributed by atoms with van der Waals surface area (Å²) in [4.78, 5) is 14.4. The SMILES string of the molecule is O=C(/C=C\c1ccc2c(c1)CCO2)NC[C@H]1CCN(c2ccc(F)cc2)C1. The molecule has 2 aliphatic rings. The topological polar surface area (TPSA) is 41.6 Å². The Morgan fingerprint density at radius 1 is 1.26 bits per heavy atom. The molecule has 0 spiro atoms. The fourth-order valence-corrected chi connectivity index (χ4v) is 3.67. The number of hydrogen-bond acceptors (Lipinski definition) is 3. The second kappa shape index (κ2) is 7.82. The first-order valence-corrected chi connectivity index (χ1v) is 9.39. The third-order valence-corrected chi connectivity index (χ3v) is 5.18. The number of nitrogens with zero attached hydrogens (tertiary/aromatic N) is 1. The van der Waals surface area contributed by atoms with E-state index in [1.807, 2.05) is 18.2 Å². The Morgan fingerprint density at radius 3 is 2.96 bits per heavy atom. The van der Waals surface area contributed by atoms with Crippen LogP contribution in [0.3, 0.4) is 0 Å². The highest BCUT2D eigenvalue weighted by atomic mass is 19.1. The molecule has 1 N–H and O–H groups in total. The van der Waals surface area contributed by atoms with Gasteiger partial charge in [0.15, 0.2) is 0 Å². The molecule has 0 saturated carbocycles. The Balaban J connectivity index is 1.25. The third-order valence-electron chi connectivity index (χ3n) is 5.18. The van der Waals surface area contributed by atoms with Gasteiger partial charge in [0, 0.05) is 37.8 Å². The molecule has 5 heteroatoms. The Labute approximate surface area is 158 Å². The predicted octanol–water partition coefficient (Wildman–Crippen LogP) is 3.42. The van der Waals surface area contributed by atoms with Crippen LogP contribution in [0.2, 0.25) is 0 Å². The first-order chi connectivity index (χ1) is 13.2. The largest absolute Gasteiger partial charge is 0.493 e. The van der Waals surface area contributed by atoms with Gasteiger partial charge in [0.1, 0.15) is 11.6 Å². The number of hydrogen-bond donors (Lipinski definition) is 1. The maximum absolute atomic E-state index is 13.0. The van der Waals surface area contributed by atoms with E-state index in [4.69, 9.17) is 4.74 Å². The molecule has 1 fully saturated rings. The summed E-state index contributed by atoms with van der Waals surface area (Å²) in [6.07, 6.45) is 5.37. The first-order valence-electron chi connectivity index (χ1n) is 9.39. The van der Waals surface area contributed by atoms with Crippen molar-refractivity contribution in [1.82, 2.24) is 5.32 Å². The maximum Gasteiger partial charge on any atom is 0.244 e. The molecule has 1 atom stereocenters. The van der Waals surface area contributed by atoms with E-state index in [0.717, 1.165) is 49.5 Å². The molecule has 1 amide bonds. The fraction of sp³-hybridized carbons (Fsp3) is 0.318. The summed E-state index contributed by atoms with van der Waals surface area (Å²) < 4.78 is 18.5. The molecule has 4 rings (SSSR count). The lowest BCUT2D eigenvalue weighted by Gasteiger charge is -2.18. The minimum absolute atomic E-state index is 0.0769. The van der Waals surface area contributed by atoms with Crippen molar-refractivity contribution >= 4 is 17.7 Å². The minimum Gasteiger partial charge on any atom is -0.493 e. The number of nitrogens with one attached hydrogen (secondary N) is 1. The molecule has 4 nitrogen and oxygen atoms in total. The van der Waals surface area contributed by atoms with Gasteiger partial charge in [0.25, 0.3) is 0 Å². The van der Waals surface area contributed by atoms with Gasteiger partial charge in [-0.25, -0.2) is 4.39 Å². The number of carbonyl (C=O) groups excluding carboxylic acids is 1. The van der Waals surface area contributed by atoms with Crippen molar-refractivity contribution in [1.29, 1.82) is 0 Å². The second-order valence-electron chi connectivity index (χ2n) is 7.12. The van der Waals surface area contributed by atoms with E-state index in [1.54, 1.807) is 18.2 Å². The molecule has 2 aliphatic heterocycles. The van der Waals surface area contributed by atoms with Gasteiger partial charge in [0.05, 0.1) is 6.61 Å². The number of amides is 1. The van der Waals surface area contributed by atoms with Gasteiger partial charge in [-0.1, -0.05) is 6.07 Å². The Hall–Kier alpha value is -2.82. The van der Waals surface area contributed by atoms with Crippen LogP contribution in [0.4, 0.5) is 10.1 Å². The fourth-order valence-electron chi connectivity index (χ4n) is 3.67. The Bertz CT molecular complexity index is 848. The van der Waals surface area contributed by atoms with Crippen molar-refractivity contribution in [2.75, 3.05) is 31.1 Å². The standard InChI is InChI=1S/C22H23FN2O2/c23-19-3-5-20(6-4-19)25-11-9-17(15-25)14-24-22(26)8-2-16-1-7-21-18(13-16)10-12-27-21/h1-8,13,17H,9-12,14-15H2,(H,24,26)/b8-2-/t17-/m1/s1. The number of ether oxygens (including phenoxy) is 1. The van der Waals surface area contributed by atoms with Crippen LogP contribution >= 0.6 is 0 Å². The van der Waals surface area contributed by atoms with Gasteiger partial charge in [-0.3, -0.25) is 4.79 Å². The van der Waals surface area contributed by atoms with Crippen molar-refractivity contribution in [2.45, 2.75) is 12.8 Å². The number of fused-ring (bicyclic) bond motifs is 1. The van der Waals surface area contributed by atoms with E-state index in [1.165, 1.54) is 17.7 Å². The van der Waals surface area contributed by atoms with Crippen LogP contribution in [-0.2, 0) is 11.2 Å². The third kappa shape index (κ3) is 4.30. The van der Waals surface area contributed by atoms with E-state index in [9.17, 15) is 9.18 Å². The summed E-state index contributed by atoms with van der Waals surface area (Å²) >= 11 is 0. The van der Waals surface area contributed by atoms with Crippen molar-refractivity contribution in [3.05, 3.63) is 65.5 Å². The Morgan fingerprint density at radius 2 is 2.11 bits per heavy atom. The van der Waals surface area contributed by atoms with Crippen LogP contribution in [0.15, 0.2) is 48.5 Å². The number of benzene rings is 2. The van der Waals surface area contributed by atoms with Gasteiger partial charge in [-0.05, 0) is 65.9 Å². The average Bonchev–Trinajstić information content (AvgIpc) is 3.34. The zero-order valence-electron chi connectivity index (χ0n) is 15.2. The van der Waals surface area contributed by atoms with Crippen LogP contribution in [-0.4, -0.2) is 32.1 Å². The maximum atomic E-state index is 13.0. The number of anilines is 1. The van der Waals surface area contributed by atoms with Gasteiger partial charge >= 0.3 is 0 Å². The van der Waals surface area contributed by atoms with E-state index in [-0.39, 0.29) is 11.7 Å². The quantitative estimate of drug-likeness (QED) is 0.825. The molecule has 2 heterocycles. The monoisotopic (exact) mass is 366 g/mol. The Kier molecular flexibility index (Phi) is 5.10. The zero-order chi connectivity index (χ0) is 18.6. The molecule has 2 aromatic rings. The van der Waals surface area contributed by atoms with Gasteiger partial charge in [-0.15, -0.1) is 0 Å². The van der Waals surface area contributed by atoms with Crippen LogP contribution < -0.4 is 15.0 Å². The first kappa shape index (κ1) is 17.6. The number of carbonyl (C=O) groups is 1. The van der Waals surface area contributed by atoms with Crippen molar-refractivity contribution in [3.63, 3.8) is 0 Å². The highest BCUT2D eigenvalue weighted by Crippen LogP contribution is 2.26. The summed E-state index contributed by atoms with van der Waals surface area (Å²) in [7, 11) is 0. The molecule has 27 heavy (non-hydrogen) atoms. The van der Waals surface area contributed by atoms with Crippen LogP contribution in [0.1, 0.15) is 17.5 Å². The van der Waals surface area contributed by atoms with Gasteiger partial charge in [-0.2, -0.15) is 0 Å². The van der Waals surface area contributed by atoms with Crippen LogP contribution in [0, 0.1) is 11.7 Å². The molecule has 1 saturated heterocycles. The molecule has 140 valence electrons. The second-order valence-corrected chi connectivity index (χ2v) is 7.12. The molecule has 0 radical (unpaired) electrons. The lowest BCUT2D eigenvalue weighted by atomic mass is 10.1. The summed E-state index contributed by atoms with van der Waals surface area (Å²) in [5.41, 5.74) is 3.24. The molecular formula is C22H23FN2O2. The van der Waals surface area contributed by atoms with Gasteiger partial charge < -0.3 is 15.0 Å². The number of halogens is 1. The molecule has 0 bridgehead atoms. The van der Waals surface area contributed by atoms with Crippen molar-refractivity contribution in [3.8, 4) is 5.75 Å². The highest BCUT2D eigenvalue weighted by molar-refractivity contribution is 5.91. The normalized spacial score (nSPS) is 18.6. The summed E-state index contributed by atoms with van der Waals surface area (Å²) in [6, 6.07) is 12.6. The summed E-state index contributed by atoms with van der Waals surface area (Å²) in [5.74, 6) is 1.06. The smallest absolute Gasteiger partial charge is 0.244 e. The van der Waals surface area contributed by atoms with Crippen LogP contribution in [0.25, 0.3) is 6.08 Å². The van der Waals surface area contributed by atoms with Gasteiger partial charge in [0.2, 0.25) is 5.91 Å². The van der Waals surface area contributed by atoms with E-state index < -0.39 is 0 Å². The summed E-state index contributed by atoms with van der Waals surface area (Å²) in [6.45, 7) is 3.19. The van der Waals surface area contributed by atoms with E-state index >= 15 is 0 Å². The van der Waals surface area contributed by atoms with E-state index in [0.29, 0.717) is 12.5 Å². The lowest BCUT2D eigenvalue weighted by Crippen LogP contribution is -2.29. The van der Waals surface area contributed by atoms with Crippen molar-refractivity contribution < 1.29 is 13.9 Å². The molecule has 0 aliphatic carbocycles. The van der Waals surface area contributed by atoms with Crippen LogP contribution in [0.5, 0.6) is 5.75 Å². The molecular weight excluding hydrogens is 343 g/mol. The molecule has 0 aromatic heterocycles. The predicted molar refractivity (Wildman–Crippen MR) is 104 cm³/mol. The summed E-state index contributed by atoms with van der Waals surface area (Å²) in [5, 5.41) is 2.99. The lowest BCUT2D eigenvalue weighted by molar-refractivity contribution is -0.116. The zero-order valence-corrected chi connectivity index (χ0v) is 15.2. The molecule has 0 unspecified atom stereocenters. The number of rotatable bonds is 5. The van der Waals surface area contributed by atoms with Crippen molar-refractivity contribution in [2.24, 2.45) is 5.92 Å². The average molecular weight is 366 g/mol. The molecule has 2 aromatic carbocycles. The highest BCUT2D eigenvalue weighted by Gasteiger charge is 2.22.